The molecule has 0 aliphatic heterocycles. The highest BCUT2D eigenvalue weighted by Gasteiger charge is 2.04. The van der Waals surface area contributed by atoms with E-state index in [1.807, 2.05) is 30.3 Å². The molecular formula is C18H12BrN2O3-. The molecule has 0 amide bonds. The number of hydrogen-bond acceptors (Lipinski definition) is 5. The van der Waals surface area contributed by atoms with Gasteiger partial charge in [-0.2, -0.15) is 5.10 Å². The summed E-state index contributed by atoms with van der Waals surface area (Å²) in [6.45, 7) is 0. The molecule has 6 heteroatoms. The standard InChI is InChI=1S/C18H13BrN2O3/c19-13-7-5-12(6-8-13)17-10-9-14(24-17)11-20-21-16-4-2-1-3-15(16)18(22)23/h1-11,21H,(H,22,23)/p-1/b20-11-. The van der Waals surface area contributed by atoms with Crippen molar-refractivity contribution >= 4 is 33.8 Å². The summed E-state index contributed by atoms with van der Waals surface area (Å²) in [6.07, 6.45) is 1.48. The molecule has 0 unspecified atom stereocenters. The van der Waals surface area contributed by atoms with Crippen LogP contribution in [0.4, 0.5) is 5.69 Å². The van der Waals surface area contributed by atoms with E-state index in [-0.39, 0.29) is 5.56 Å². The zero-order valence-corrected chi connectivity index (χ0v) is 14.0. The van der Waals surface area contributed by atoms with E-state index in [9.17, 15) is 9.90 Å². The van der Waals surface area contributed by atoms with Crippen LogP contribution < -0.4 is 10.5 Å². The second-order valence-corrected chi connectivity index (χ2v) is 5.83. The van der Waals surface area contributed by atoms with Crippen LogP contribution in [0, 0.1) is 0 Å². The number of halogens is 1. The summed E-state index contributed by atoms with van der Waals surface area (Å²) in [6, 6.07) is 17.8. The van der Waals surface area contributed by atoms with Gasteiger partial charge in [0.2, 0.25) is 0 Å². The number of carboxylic acids is 1. The van der Waals surface area contributed by atoms with Gasteiger partial charge in [-0.1, -0.05) is 46.3 Å². The molecule has 0 atom stereocenters. The molecule has 0 aliphatic carbocycles. The van der Waals surface area contributed by atoms with Gasteiger partial charge in [-0.25, -0.2) is 0 Å². The first-order valence-corrected chi connectivity index (χ1v) is 7.88. The van der Waals surface area contributed by atoms with Gasteiger partial charge >= 0.3 is 0 Å². The van der Waals surface area contributed by atoms with Crippen molar-refractivity contribution in [2.75, 3.05) is 5.43 Å². The minimum atomic E-state index is -1.26. The molecule has 2 aromatic carbocycles. The number of furan rings is 1. The largest absolute Gasteiger partial charge is 0.545 e. The lowest BCUT2D eigenvalue weighted by molar-refractivity contribution is -0.254. The lowest BCUT2D eigenvalue weighted by Crippen LogP contribution is -2.23. The first-order chi connectivity index (χ1) is 11.6. The number of hydrazone groups is 1. The van der Waals surface area contributed by atoms with Gasteiger partial charge in [0.1, 0.15) is 11.5 Å². The molecule has 3 aromatic rings. The van der Waals surface area contributed by atoms with Crippen LogP contribution in [0.1, 0.15) is 16.1 Å². The Labute approximate surface area is 146 Å². The molecule has 1 aromatic heterocycles. The molecule has 3 rings (SSSR count). The van der Waals surface area contributed by atoms with Crippen LogP contribution in [-0.2, 0) is 0 Å². The SMILES string of the molecule is O=C([O-])c1ccccc1N/N=C\c1ccc(-c2ccc(Br)cc2)o1. The van der Waals surface area contributed by atoms with Crippen LogP contribution in [0.15, 0.2) is 74.7 Å². The Kier molecular flexibility index (Phi) is 4.77. The van der Waals surface area contributed by atoms with Gasteiger partial charge < -0.3 is 14.3 Å². The number of aromatic carboxylic acids is 1. The van der Waals surface area contributed by atoms with Gasteiger partial charge in [-0.05, 0) is 30.3 Å². The van der Waals surface area contributed by atoms with Gasteiger partial charge in [0.25, 0.3) is 0 Å². The molecule has 1 N–H and O–H groups in total. The maximum absolute atomic E-state index is 11.0. The Bertz CT molecular complexity index is 885. The topological polar surface area (TPSA) is 77.7 Å². The molecule has 0 radical (unpaired) electrons. The first-order valence-electron chi connectivity index (χ1n) is 7.09. The Morgan fingerprint density at radius 3 is 2.58 bits per heavy atom. The highest BCUT2D eigenvalue weighted by atomic mass is 79.9. The third-order valence-corrected chi connectivity index (χ3v) is 3.81. The summed E-state index contributed by atoms with van der Waals surface area (Å²) in [5.41, 5.74) is 4.03. The van der Waals surface area contributed by atoms with Crippen molar-refractivity contribution in [3.05, 3.63) is 76.5 Å². The molecule has 0 saturated carbocycles. The van der Waals surface area contributed by atoms with Gasteiger partial charge in [-0.3, -0.25) is 5.43 Å². The van der Waals surface area contributed by atoms with Crippen LogP contribution in [0.25, 0.3) is 11.3 Å². The molecule has 5 nitrogen and oxygen atoms in total. The lowest BCUT2D eigenvalue weighted by Gasteiger charge is -2.08. The third kappa shape index (κ3) is 3.72. The number of para-hydroxylation sites is 1. The van der Waals surface area contributed by atoms with Gasteiger partial charge in [-0.15, -0.1) is 0 Å². The zero-order chi connectivity index (χ0) is 16.9. The fraction of sp³-hybridized carbons (Fsp3) is 0. The molecule has 24 heavy (non-hydrogen) atoms. The minimum Gasteiger partial charge on any atom is -0.545 e. The Morgan fingerprint density at radius 1 is 1.08 bits per heavy atom. The van der Waals surface area contributed by atoms with E-state index in [2.05, 4.69) is 26.5 Å². The smallest absolute Gasteiger partial charge is 0.147 e. The van der Waals surface area contributed by atoms with E-state index in [4.69, 9.17) is 4.42 Å². The van der Waals surface area contributed by atoms with Crippen molar-refractivity contribution in [3.8, 4) is 11.3 Å². The van der Waals surface area contributed by atoms with Gasteiger partial charge in [0.05, 0.1) is 17.9 Å². The van der Waals surface area contributed by atoms with Crippen molar-refractivity contribution in [1.29, 1.82) is 0 Å². The maximum Gasteiger partial charge on any atom is 0.147 e. The average molecular weight is 384 g/mol. The van der Waals surface area contributed by atoms with Crippen molar-refractivity contribution in [1.82, 2.24) is 0 Å². The van der Waals surface area contributed by atoms with Gasteiger partial charge in [0.15, 0.2) is 0 Å². The summed E-state index contributed by atoms with van der Waals surface area (Å²) in [4.78, 5) is 11.0. The van der Waals surface area contributed by atoms with Crippen LogP contribution >= 0.6 is 15.9 Å². The average Bonchev–Trinajstić information content (AvgIpc) is 3.05. The van der Waals surface area contributed by atoms with Crippen LogP contribution in [-0.4, -0.2) is 12.2 Å². The number of benzene rings is 2. The molecule has 0 fully saturated rings. The summed E-state index contributed by atoms with van der Waals surface area (Å²) in [5, 5.41) is 15.0. The number of carbonyl (C=O) groups is 1. The van der Waals surface area contributed by atoms with Crippen molar-refractivity contribution in [2.24, 2.45) is 5.10 Å². The van der Waals surface area contributed by atoms with Crippen molar-refractivity contribution in [2.45, 2.75) is 0 Å². The Morgan fingerprint density at radius 2 is 1.83 bits per heavy atom. The second kappa shape index (κ2) is 7.14. The second-order valence-electron chi connectivity index (χ2n) is 4.91. The molecule has 0 aliphatic rings. The molecule has 120 valence electrons. The lowest BCUT2D eigenvalue weighted by atomic mass is 10.2. The van der Waals surface area contributed by atoms with Gasteiger partial charge in [0, 0.05) is 15.6 Å². The predicted octanol–water partition coefficient (Wildman–Crippen LogP) is 3.52. The summed E-state index contributed by atoms with van der Waals surface area (Å²) in [7, 11) is 0. The van der Waals surface area contributed by atoms with Crippen LogP contribution in [0.2, 0.25) is 0 Å². The highest BCUT2D eigenvalue weighted by Crippen LogP contribution is 2.23. The maximum atomic E-state index is 11.0. The van der Waals surface area contributed by atoms with Crippen LogP contribution in [0.5, 0.6) is 0 Å². The van der Waals surface area contributed by atoms with E-state index >= 15 is 0 Å². The van der Waals surface area contributed by atoms with Crippen LogP contribution in [0.3, 0.4) is 0 Å². The van der Waals surface area contributed by atoms with Crippen molar-refractivity contribution in [3.63, 3.8) is 0 Å². The number of anilines is 1. The minimum absolute atomic E-state index is 0.0460. The normalized spacial score (nSPS) is 10.9. The van der Waals surface area contributed by atoms with E-state index in [1.54, 1.807) is 24.3 Å². The number of nitrogens with zero attached hydrogens (tertiary/aromatic N) is 1. The number of carboxylic acid groups (broad SMARTS) is 1. The third-order valence-electron chi connectivity index (χ3n) is 3.28. The van der Waals surface area contributed by atoms with E-state index in [0.29, 0.717) is 11.4 Å². The highest BCUT2D eigenvalue weighted by molar-refractivity contribution is 9.10. The quantitative estimate of drug-likeness (QED) is 0.540. The van der Waals surface area contributed by atoms with E-state index in [1.165, 1.54) is 12.3 Å². The monoisotopic (exact) mass is 383 g/mol. The Hall–Kier alpha value is -2.86. The zero-order valence-electron chi connectivity index (χ0n) is 12.4. The fourth-order valence-corrected chi connectivity index (χ4v) is 2.38. The predicted molar refractivity (Wildman–Crippen MR) is 93.8 cm³/mol. The molecular weight excluding hydrogens is 372 g/mol. The summed E-state index contributed by atoms with van der Waals surface area (Å²) < 4.78 is 6.69. The van der Waals surface area contributed by atoms with E-state index < -0.39 is 5.97 Å². The van der Waals surface area contributed by atoms with Crippen molar-refractivity contribution < 1.29 is 14.3 Å². The number of hydrogen-bond donors (Lipinski definition) is 1. The Balaban J connectivity index is 1.72. The molecule has 0 spiro atoms. The number of nitrogens with one attached hydrogen (secondary N) is 1. The number of carbonyl (C=O) groups excluding carboxylic acids is 1. The van der Waals surface area contributed by atoms with E-state index in [0.717, 1.165) is 15.8 Å². The fourth-order valence-electron chi connectivity index (χ4n) is 2.12. The molecule has 0 saturated heterocycles. The summed E-state index contributed by atoms with van der Waals surface area (Å²) in [5.74, 6) is 0.00857. The first kappa shape index (κ1) is 16.0. The molecule has 1 heterocycles. The number of rotatable bonds is 5. The summed E-state index contributed by atoms with van der Waals surface area (Å²) >= 11 is 3.39. The molecule has 0 bridgehead atoms.